The molecule has 8 nitrogen and oxygen atoms in total. The number of rotatable bonds is 3. The fourth-order valence-corrected chi connectivity index (χ4v) is 4.70. The molecule has 0 saturated carbocycles. The second kappa shape index (κ2) is 6.45. The maximum absolute atomic E-state index is 12.7. The number of aromatic hydroxyl groups is 1. The molecule has 0 bridgehead atoms. The summed E-state index contributed by atoms with van der Waals surface area (Å²) in [7, 11) is 2.93. The summed E-state index contributed by atoms with van der Waals surface area (Å²) in [6, 6.07) is 6.85. The molecule has 152 valence electrons. The Hall–Kier alpha value is -3.13. The van der Waals surface area contributed by atoms with Gasteiger partial charge in [0.1, 0.15) is 0 Å². The summed E-state index contributed by atoms with van der Waals surface area (Å²) in [6.45, 7) is 0.412. The fourth-order valence-electron chi connectivity index (χ4n) is 4.70. The van der Waals surface area contributed by atoms with Crippen molar-refractivity contribution < 1.29 is 33.6 Å². The molecule has 5 rings (SSSR count). The van der Waals surface area contributed by atoms with Crippen LogP contribution >= 0.6 is 0 Å². The van der Waals surface area contributed by atoms with Crippen LogP contribution in [0.15, 0.2) is 24.3 Å². The summed E-state index contributed by atoms with van der Waals surface area (Å²) >= 11 is 0. The van der Waals surface area contributed by atoms with E-state index in [4.69, 9.17) is 29.4 Å². The van der Waals surface area contributed by atoms with Gasteiger partial charge in [0.2, 0.25) is 12.5 Å². The van der Waals surface area contributed by atoms with Crippen LogP contribution < -0.4 is 24.7 Å². The summed E-state index contributed by atoms with van der Waals surface area (Å²) in [5, 5.41) is 10.3. The van der Waals surface area contributed by atoms with Crippen molar-refractivity contribution in [2.45, 2.75) is 12.0 Å². The molecule has 0 spiro atoms. The molecule has 29 heavy (non-hydrogen) atoms. The lowest BCUT2D eigenvalue weighted by molar-refractivity contribution is -0.141. The zero-order chi connectivity index (χ0) is 20.3. The lowest BCUT2D eigenvalue weighted by Crippen LogP contribution is -2.38. The number of phenols is 1. The summed E-state index contributed by atoms with van der Waals surface area (Å²) < 4.78 is 27.1. The second-order valence-corrected chi connectivity index (χ2v) is 7.43. The van der Waals surface area contributed by atoms with E-state index in [1.54, 1.807) is 12.1 Å². The third-order valence-electron chi connectivity index (χ3n) is 6.11. The van der Waals surface area contributed by atoms with E-state index in [2.05, 4.69) is 0 Å². The molecule has 0 aromatic heterocycles. The van der Waals surface area contributed by atoms with Gasteiger partial charge in [0, 0.05) is 17.9 Å². The zero-order valence-corrected chi connectivity index (χ0v) is 16.0. The van der Waals surface area contributed by atoms with E-state index in [0.717, 1.165) is 16.7 Å². The van der Waals surface area contributed by atoms with Crippen molar-refractivity contribution in [3.63, 3.8) is 0 Å². The number of carbonyl (C=O) groups is 1. The highest BCUT2D eigenvalue weighted by Gasteiger charge is 2.51. The molecule has 0 amide bonds. The standard InChI is InChI=1S/C21H21NO7/c1-25-15-3-9(4-16(26-2)20(15)23)17-10-5-13-14(29-8-28-13)6-11(10)19(22)12-7-27-21(24)18(12)17/h3-6,12,17-19,23H,7-8,22H2,1-2H3/t12-,17+,18-,19?/m0/s1. The zero-order valence-electron chi connectivity index (χ0n) is 16.0. The van der Waals surface area contributed by atoms with Crippen LogP contribution in [0.5, 0.6) is 28.7 Å². The Labute approximate surface area is 167 Å². The molecule has 1 aliphatic carbocycles. The van der Waals surface area contributed by atoms with Crippen molar-refractivity contribution in [1.82, 2.24) is 0 Å². The summed E-state index contributed by atoms with van der Waals surface area (Å²) in [6.07, 6.45) is 0. The highest BCUT2D eigenvalue weighted by molar-refractivity contribution is 5.79. The number of cyclic esters (lactones) is 1. The highest BCUT2D eigenvalue weighted by Crippen LogP contribution is 2.54. The molecule has 1 fully saturated rings. The molecule has 2 heterocycles. The quantitative estimate of drug-likeness (QED) is 0.755. The first-order valence-electron chi connectivity index (χ1n) is 9.34. The average molecular weight is 399 g/mol. The van der Waals surface area contributed by atoms with Crippen molar-refractivity contribution in [1.29, 1.82) is 0 Å². The Morgan fingerprint density at radius 1 is 1.00 bits per heavy atom. The van der Waals surface area contributed by atoms with Gasteiger partial charge in [0.15, 0.2) is 23.0 Å². The van der Waals surface area contributed by atoms with Crippen LogP contribution in [-0.2, 0) is 9.53 Å². The van der Waals surface area contributed by atoms with Crippen molar-refractivity contribution in [3.8, 4) is 28.7 Å². The van der Waals surface area contributed by atoms with Gasteiger partial charge in [0.25, 0.3) is 0 Å². The molecule has 2 aliphatic heterocycles. The van der Waals surface area contributed by atoms with Crippen LogP contribution in [0.3, 0.4) is 0 Å². The van der Waals surface area contributed by atoms with E-state index in [0.29, 0.717) is 11.5 Å². The van der Waals surface area contributed by atoms with E-state index < -0.39 is 5.92 Å². The molecular formula is C21H21NO7. The average Bonchev–Trinajstić information content (AvgIpc) is 3.34. The van der Waals surface area contributed by atoms with Gasteiger partial charge in [0.05, 0.1) is 26.7 Å². The highest BCUT2D eigenvalue weighted by atomic mass is 16.7. The molecule has 4 atom stereocenters. The van der Waals surface area contributed by atoms with Gasteiger partial charge in [-0.25, -0.2) is 0 Å². The fraction of sp³-hybridized carbons (Fsp3) is 0.381. The van der Waals surface area contributed by atoms with Crippen molar-refractivity contribution >= 4 is 5.97 Å². The topological polar surface area (TPSA) is 109 Å². The largest absolute Gasteiger partial charge is 0.502 e. The Bertz CT molecular complexity index is 980. The molecule has 0 radical (unpaired) electrons. The normalized spacial score (nSPS) is 26.5. The third-order valence-corrected chi connectivity index (χ3v) is 6.11. The summed E-state index contributed by atoms with van der Waals surface area (Å²) in [5.74, 6) is 0.406. The van der Waals surface area contributed by atoms with Gasteiger partial charge in [-0.05, 0) is 41.0 Å². The van der Waals surface area contributed by atoms with Crippen molar-refractivity contribution in [3.05, 3.63) is 41.0 Å². The van der Waals surface area contributed by atoms with Gasteiger partial charge >= 0.3 is 5.97 Å². The third kappa shape index (κ3) is 2.52. The minimum absolute atomic E-state index is 0.0947. The molecule has 1 unspecified atom stereocenters. The predicted molar refractivity (Wildman–Crippen MR) is 100 cm³/mol. The Kier molecular flexibility index (Phi) is 3.99. The van der Waals surface area contributed by atoms with E-state index in [-0.39, 0.29) is 54.5 Å². The number of fused-ring (bicyclic) bond motifs is 3. The molecule has 3 N–H and O–H groups in total. The van der Waals surface area contributed by atoms with Crippen LogP contribution in [0, 0.1) is 11.8 Å². The van der Waals surface area contributed by atoms with Crippen LogP contribution in [0.25, 0.3) is 0 Å². The number of phenolic OH excluding ortho intramolecular Hbond substituents is 1. The van der Waals surface area contributed by atoms with E-state index in [1.165, 1.54) is 14.2 Å². The molecule has 2 aromatic carbocycles. The van der Waals surface area contributed by atoms with Crippen molar-refractivity contribution in [2.75, 3.05) is 27.6 Å². The molecule has 8 heteroatoms. The van der Waals surface area contributed by atoms with Gasteiger partial charge < -0.3 is 34.5 Å². The second-order valence-electron chi connectivity index (χ2n) is 7.43. The van der Waals surface area contributed by atoms with Gasteiger partial charge in [-0.1, -0.05) is 0 Å². The Morgan fingerprint density at radius 2 is 1.62 bits per heavy atom. The first-order valence-corrected chi connectivity index (χ1v) is 9.34. The number of hydrogen-bond donors (Lipinski definition) is 2. The predicted octanol–water partition coefficient (Wildman–Crippen LogP) is 2.07. The van der Waals surface area contributed by atoms with E-state index in [1.807, 2.05) is 12.1 Å². The monoisotopic (exact) mass is 399 g/mol. The van der Waals surface area contributed by atoms with E-state index in [9.17, 15) is 9.90 Å². The maximum atomic E-state index is 12.7. The van der Waals surface area contributed by atoms with Crippen LogP contribution in [0.4, 0.5) is 0 Å². The minimum Gasteiger partial charge on any atom is -0.502 e. The van der Waals surface area contributed by atoms with E-state index >= 15 is 0 Å². The smallest absolute Gasteiger partial charge is 0.310 e. The first kappa shape index (κ1) is 17.9. The maximum Gasteiger partial charge on any atom is 0.310 e. The number of nitrogens with two attached hydrogens (primary N) is 1. The minimum atomic E-state index is -0.461. The summed E-state index contributed by atoms with van der Waals surface area (Å²) in [5.41, 5.74) is 9.07. The van der Waals surface area contributed by atoms with Gasteiger partial charge in [-0.3, -0.25) is 4.79 Å². The van der Waals surface area contributed by atoms with Crippen LogP contribution in [0.2, 0.25) is 0 Å². The van der Waals surface area contributed by atoms with Crippen LogP contribution in [0.1, 0.15) is 28.7 Å². The number of methoxy groups -OCH3 is 2. The molecular weight excluding hydrogens is 378 g/mol. The summed E-state index contributed by atoms with van der Waals surface area (Å²) in [4.78, 5) is 12.7. The Morgan fingerprint density at radius 3 is 2.24 bits per heavy atom. The Balaban J connectivity index is 1.75. The van der Waals surface area contributed by atoms with Crippen molar-refractivity contribution in [2.24, 2.45) is 17.6 Å². The van der Waals surface area contributed by atoms with Gasteiger partial charge in [-0.2, -0.15) is 0 Å². The number of ether oxygens (including phenoxy) is 5. The lowest BCUT2D eigenvalue weighted by Gasteiger charge is -2.37. The molecule has 2 aromatic rings. The van der Waals surface area contributed by atoms with Gasteiger partial charge in [-0.15, -0.1) is 0 Å². The number of benzene rings is 2. The molecule has 3 aliphatic rings. The lowest BCUT2D eigenvalue weighted by atomic mass is 9.65. The van der Waals surface area contributed by atoms with Crippen LogP contribution in [-0.4, -0.2) is 38.7 Å². The number of esters is 1. The number of carbonyl (C=O) groups excluding carboxylic acids is 1. The number of hydrogen-bond acceptors (Lipinski definition) is 8. The SMILES string of the molecule is COc1cc([C@@H]2c3cc4c(cc3C(N)[C@H]3COC(=O)[C@H]23)OCO4)cc(OC)c1O. The first-order chi connectivity index (χ1) is 14.0. The molecule has 1 saturated heterocycles.